The Hall–Kier alpha value is -0.420. The van der Waals surface area contributed by atoms with Gasteiger partial charge in [0, 0.05) is 43.0 Å². The zero-order valence-corrected chi connectivity index (χ0v) is 11.0. The van der Waals surface area contributed by atoms with Crippen molar-refractivity contribution in [2.24, 2.45) is 0 Å². The molecule has 4 heteroatoms. The predicted octanol–water partition coefficient (Wildman–Crippen LogP) is 1.64. The molecule has 0 saturated carbocycles. The van der Waals surface area contributed by atoms with Crippen LogP contribution >= 0.6 is 11.3 Å². The molecule has 0 aliphatic rings. The molecule has 0 aromatic carbocycles. The molecule has 92 valence electrons. The molecule has 0 saturated heterocycles. The maximum absolute atomic E-state index is 4.95. The fourth-order valence-corrected chi connectivity index (χ4v) is 2.32. The van der Waals surface area contributed by atoms with Crippen molar-refractivity contribution in [3.8, 4) is 0 Å². The van der Waals surface area contributed by atoms with Gasteiger partial charge >= 0.3 is 0 Å². The molecular weight excluding hydrogens is 220 g/mol. The molecule has 0 fully saturated rings. The monoisotopic (exact) mass is 242 g/mol. The van der Waals surface area contributed by atoms with Crippen LogP contribution in [0.15, 0.2) is 12.1 Å². The van der Waals surface area contributed by atoms with Crippen molar-refractivity contribution >= 4 is 11.3 Å². The van der Waals surface area contributed by atoms with E-state index in [4.69, 9.17) is 4.74 Å². The van der Waals surface area contributed by atoms with Gasteiger partial charge in [0.1, 0.15) is 0 Å². The van der Waals surface area contributed by atoms with Gasteiger partial charge in [-0.3, -0.25) is 0 Å². The lowest BCUT2D eigenvalue weighted by Gasteiger charge is -2.04. The summed E-state index contributed by atoms with van der Waals surface area (Å²) in [5.74, 6) is 0. The molecule has 0 aliphatic carbocycles. The summed E-state index contributed by atoms with van der Waals surface area (Å²) in [6.45, 7) is 6.89. The first kappa shape index (κ1) is 13.6. The van der Waals surface area contributed by atoms with Crippen LogP contribution in [0.3, 0.4) is 0 Å². The Labute approximate surface area is 102 Å². The minimum Gasteiger partial charge on any atom is -0.383 e. The quantitative estimate of drug-likeness (QED) is 0.646. The molecule has 0 radical (unpaired) electrons. The average Bonchev–Trinajstić information content (AvgIpc) is 2.76. The van der Waals surface area contributed by atoms with Gasteiger partial charge in [-0.15, -0.1) is 11.3 Å². The van der Waals surface area contributed by atoms with Crippen LogP contribution < -0.4 is 10.6 Å². The summed E-state index contributed by atoms with van der Waals surface area (Å²) in [7, 11) is 1.72. The van der Waals surface area contributed by atoms with Crippen LogP contribution in [0, 0.1) is 0 Å². The Balaban J connectivity index is 1.98. The highest BCUT2D eigenvalue weighted by Crippen LogP contribution is 2.16. The SMILES string of the molecule is CCc1ccc(CNCCNCCOC)s1. The third-order valence-electron chi connectivity index (χ3n) is 2.33. The maximum Gasteiger partial charge on any atom is 0.0587 e. The third-order valence-corrected chi connectivity index (χ3v) is 3.56. The van der Waals surface area contributed by atoms with E-state index >= 15 is 0 Å². The summed E-state index contributed by atoms with van der Waals surface area (Å²) in [5, 5.41) is 6.73. The van der Waals surface area contributed by atoms with Gasteiger partial charge in [0.2, 0.25) is 0 Å². The fraction of sp³-hybridized carbons (Fsp3) is 0.667. The fourth-order valence-electron chi connectivity index (χ4n) is 1.39. The predicted molar refractivity (Wildman–Crippen MR) is 70.1 cm³/mol. The lowest BCUT2D eigenvalue weighted by molar-refractivity contribution is 0.199. The van der Waals surface area contributed by atoms with Gasteiger partial charge in [0.25, 0.3) is 0 Å². The number of thiophene rings is 1. The van der Waals surface area contributed by atoms with Crippen LogP contribution in [-0.2, 0) is 17.7 Å². The van der Waals surface area contributed by atoms with E-state index in [0.29, 0.717) is 0 Å². The van der Waals surface area contributed by atoms with Crippen molar-refractivity contribution in [3.63, 3.8) is 0 Å². The summed E-state index contributed by atoms with van der Waals surface area (Å²) < 4.78 is 4.95. The number of ether oxygens (including phenoxy) is 1. The van der Waals surface area contributed by atoms with Crippen LogP contribution in [0.4, 0.5) is 0 Å². The molecule has 16 heavy (non-hydrogen) atoms. The first-order valence-electron chi connectivity index (χ1n) is 5.84. The van der Waals surface area contributed by atoms with E-state index in [-0.39, 0.29) is 0 Å². The highest BCUT2D eigenvalue weighted by molar-refractivity contribution is 7.11. The molecule has 1 aromatic heterocycles. The summed E-state index contributed by atoms with van der Waals surface area (Å²) in [6.07, 6.45) is 1.14. The van der Waals surface area contributed by atoms with Crippen LogP contribution in [-0.4, -0.2) is 33.4 Å². The van der Waals surface area contributed by atoms with E-state index in [1.54, 1.807) is 7.11 Å². The molecule has 0 unspecified atom stereocenters. The number of aryl methyl sites for hydroxylation is 1. The van der Waals surface area contributed by atoms with Crippen molar-refractivity contribution in [1.82, 2.24) is 10.6 Å². The van der Waals surface area contributed by atoms with E-state index in [9.17, 15) is 0 Å². The molecule has 0 aliphatic heterocycles. The number of hydrogen-bond acceptors (Lipinski definition) is 4. The molecule has 1 aromatic rings. The van der Waals surface area contributed by atoms with Crippen LogP contribution in [0.5, 0.6) is 0 Å². The van der Waals surface area contributed by atoms with Crippen molar-refractivity contribution in [3.05, 3.63) is 21.9 Å². The molecule has 2 N–H and O–H groups in total. The van der Waals surface area contributed by atoms with Gasteiger partial charge < -0.3 is 15.4 Å². The number of rotatable bonds is 9. The van der Waals surface area contributed by atoms with Gasteiger partial charge in [-0.25, -0.2) is 0 Å². The number of nitrogens with one attached hydrogen (secondary N) is 2. The summed E-state index contributed by atoms with van der Waals surface area (Å²) in [6, 6.07) is 4.44. The topological polar surface area (TPSA) is 33.3 Å². The largest absolute Gasteiger partial charge is 0.383 e. The van der Waals surface area contributed by atoms with Crippen molar-refractivity contribution in [2.45, 2.75) is 19.9 Å². The van der Waals surface area contributed by atoms with Gasteiger partial charge in [-0.2, -0.15) is 0 Å². The van der Waals surface area contributed by atoms with Gasteiger partial charge in [0.15, 0.2) is 0 Å². The number of methoxy groups -OCH3 is 1. The minimum absolute atomic E-state index is 0.783. The molecule has 1 rings (SSSR count). The zero-order valence-electron chi connectivity index (χ0n) is 10.2. The average molecular weight is 242 g/mol. The highest BCUT2D eigenvalue weighted by atomic mass is 32.1. The maximum atomic E-state index is 4.95. The summed E-state index contributed by atoms with van der Waals surface area (Å²) in [5.41, 5.74) is 0. The first-order valence-corrected chi connectivity index (χ1v) is 6.66. The number of hydrogen-bond donors (Lipinski definition) is 2. The normalized spacial score (nSPS) is 10.9. The van der Waals surface area contributed by atoms with Gasteiger partial charge in [0.05, 0.1) is 6.61 Å². The van der Waals surface area contributed by atoms with E-state index in [1.807, 2.05) is 11.3 Å². The summed E-state index contributed by atoms with van der Waals surface area (Å²) in [4.78, 5) is 2.89. The Morgan fingerprint density at radius 2 is 1.88 bits per heavy atom. The van der Waals surface area contributed by atoms with Gasteiger partial charge in [-0.1, -0.05) is 6.92 Å². The first-order chi connectivity index (χ1) is 7.86. The molecular formula is C12H22N2OS. The van der Waals surface area contributed by atoms with Crippen molar-refractivity contribution in [1.29, 1.82) is 0 Å². The van der Waals surface area contributed by atoms with Crippen LogP contribution in [0.25, 0.3) is 0 Å². The van der Waals surface area contributed by atoms with Crippen molar-refractivity contribution < 1.29 is 4.74 Å². The molecule has 0 spiro atoms. The van der Waals surface area contributed by atoms with Crippen molar-refractivity contribution in [2.75, 3.05) is 33.4 Å². The molecule has 0 bridgehead atoms. The molecule has 0 atom stereocenters. The Morgan fingerprint density at radius 1 is 1.12 bits per heavy atom. The van der Waals surface area contributed by atoms with Crippen LogP contribution in [0.2, 0.25) is 0 Å². The Bertz CT molecular complexity index is 276. The lowest BCUT2D eigenvalue weighted by atomic mass is 10.3. The third kappa shape index (κ3) is 5.61. The standard InChI is InChI=1S/C12H22N2OS/c1-3-11-4-5-12(16-11)10-14-7-6-13-8-9-15-2/h4-5,13-14H,3,6-10H2,1-2H3. The second-order valence-corrected chi connectivity index (χ2v) is 4.89. The van der Waals surface area contributed by atoms with E-state index < -0.39 is 0 Å². The van der Waals surface area contributed by atoms with E-state index in [1.165, 1.54) is 9.75 Å². The van der Waals surface area contributed by atoms with E-state index in [0.717, 1.165) is 39.2 Å². The smallest absolute Gasteiger partial charge is 0.0587 e. The second kappa shape index (κ2) is 8.70. The van der Waals surface area contributed by atoms with Gasteiger partial charge in [-0.05, 0) is 18.6 Å². The lowest BCUT2D eigenvalue weighted by Crippen LogP contribution is -2.28. The Kier molecular flexibility index (Phi) is 7.42. The van der Waals surface area contributed by atoms with Crippen LogP contribution in [0.1, 0.15) is 16.7 Å². The highest BCUT2D eigenvalue weighted by Gasteiger charge is 1.97. The zero-order chi connectivity index (χ0) is 11.6. The Morgan fingerprint density at radius 3 is 2.56 bits per heavy atom. The minimum atomic E-state index is 0.783. The molecule has 0 amide bonds. The second-order valence-electron chi connectivity index (χ2n) is 3.64. The van der Waals surface area contributed by atoms with E-state index in [2.05, 4.69) is 29.7 Å². The molecule has 3 nitrogen and oxygen atoms in total. The molecule has 1 heterocycles. The summed E-state index contributed by atoms with van der Waals surface area (Å²) >= 11 is 1.90.